The normalized spacial score (nSPS) is 38.1. The number of nitrogens with zero attached hydrogens (tertiary/aromatic N) is 2. The van der Waals surface area contributed by atoms with Gasteiger partial charge in [0.1, 0.15) is 6.10 Å². The van der Waals surface area contributed by atoms with Crippen molar-refractivity contribution in [3.63, 3.8) is 0 Å². The molecule has 1 aromatic carbocycles. The van der Waals surface area contributed by atoms with Gasteiger partial charge in [-0.15, -0.1) is 0 Å². The molecule has 6 aliphatic rings. The summed E-state index contributed by atoms with van der Waals surface area (Å²) in [5.41, 5.74) is 3.08. The molecule has 4 saturated carbocycles. The number of allylic oxidation sites excluding steroid dienone is 1. The molecule has 8 heteroatoms. The van der Waals surface area contributed by atoms with E-state index in [1.807, 2.05) is 0 Å². The number of carbonyl (C=O) groups excluding carboxylic acids is 2. The maximum Gasteiger partial charge on any atom is 0.339 e. The third kappa shape index (κ3) is 6.20. The second-order valence-electron chi connectivity index (χ2n) is 20.3. The van der Waals surface area contributed by atoms with Gasteiger partial charge in [0.05, 0.1) is 16.5 Å². The highest BCUT2D eigenvalue weighted by atomic mass is 16.5. The third-order valence-corrected chi connectivity index (χ3v) is 16.8. The van der Waals surface area contributed by atoms with E-state index in [1.165, 1.54) is 11.6 Å². The lowest BCUT2D eigenvalue weighted by atomic mass is 9.34. The van der Waals surface area contributed by atoms with Crippen molar-refractivity contribution in [2.75, 3.05) is 46.3 Å². The van der Waals surface area contributed by atoms with E-state index in [0.29, 0.717) is 11.8 Å². The summed E-state index contributed by atoms with van der Waals surface area (Å²) >= 11 is 0. The SMILES string of the molecule is CN1CCN(CCNC(=O)[C@]23CCC(C)(C)CC2=C2CC[C@@H]4[C@@]5(C)CC[C@H](OC(=O)c6ccccc6C(=O)O)C(C)(C)[C@@H]5CC[C@@]4(C)[C@]2(C)CC3)CC1. The van der Waals surface area contributed by atoms with E-state index in [0.717, 1.165) is 110 Å². The van der Waals surface area contributed by atoms with E-state index >= 15 is 0 Å². The fraction of sp³-hybridized carbons (Fsp3) is 0.756. The Morgan fingerprint density at radius 3 is 2.19 bits per heavy atom. The largest absolute Gasteiger partial charge is 0.478 e. The van der Waals surface area contributed by atoms with Crippen LogP contribution >= 0.6 is 0 Å². The highest BCUT2D eigenvalue weighted by Gasteiger charge is 2.68. The highest BCUT2D eigenvalue weighted by molar-refractivity contribution is 6.02. The van der Waals surface area contributed by atoms with Gasteiger partial charge in [-0.25, -0.2) is 9.59 Å². The van der Waals surface area contributed by atoms with E-state index in [-0.39, 0.29) is 55.6 Å². The summed E-state index contributed by atoms with van der Waals surface area (Å²) in [6.07, 6.45) is 11.0. The van der Waals surface area contributed by atoms with Crippen molar-refractivity contribution in [2.45, 2.75) is 125 Å². The smallest absolute Gasteiger partial charge is 0.339 e. The predicted octanol–water partition coefficient (Wildman–Crippen LogP) is 8.22. The molecule has 7 rings (SSSR count). The van der Waals surface area contributed by atoms with E-state index in [9.17, 15) is 19.5 Å². The molecule has 1 aliphatic heterocycles. The van der Waals surface area contributed by atoms with E-state index in [1.54, 1.807) is 23.8 Å². The lowest BCUT2D eigenvalue weighted by molar-refractivity contribution is -0.205. The lowest BCUT2D eigenvalue weighted by Gasteiger charge is -2.71. The zero-order valence-corrected chi connectivity index (χ0v) is 34.0. The molecular formula is C45H67N3O5. The van der Waals surface area contributed by atoms with Crippen LogP contribution in [0.15, 0.2) is 35.4 Å². The molecule has 1 heterocycles. The number of ether oxygens (including phenoxy) is 1. The van der Waals surface area contributed by atoms with Crippen LogP contribution in [0.3, 0.4) is 0 Å². The molecule has 0 aromatic heterocycles. The second kappa shape index (κ2) is 13.5. The van der Waals surface area contributed by atoms with Crippen LogP contribution in [0.1, 0.15) is 140 Å². The van der Waals surface area contributed by atoms with Crippen LogP contribution in [0.2, 0.25) is 0 Å². The summed E-state index contributed by atoms with van der Waals surface area (Å²) < 4.78 is 6.27. The Morgan fingerprint density at radius 1 is 0.811 bits per heavy atom. The second-order valence-corrected chi connectivity index (χ2v) is 20.3. The molecule has 292 valence electrons. The number of hydrogen-bond acceptors (Lipinski definition) is 6. The summed E-state index contributed by atoms with van der Waals surface area (Å²) in [6, 6.07) is 6.39. The number of nitrogens with one attached hydrogen (secondary N) is 1. The number of likely N-dealkylation sites (N-methyl/N-ethyl adjacent to an activating group) is 1. The first-order valence-corrected chi connectivity index (χ1v) is 20.8. The Morgan fingerprint density at radius 2 is 1.49 bits per heavy atom. The summed E-state index contributed by atoms with van der Waals surface area (Å²) in [4.78, 5) is 44.8. The van der Waals surface area contributed by atoms with Gasteiger partial charge in [-0.3, -0.25) is 9.69 Å². The molecule has 5 fully saturated rings. The van der Waals surface area contributed by atoms with Crippen molar-refractivity contribution in [3.05, 3.63) is 46.5 Å². The van der Waals surface area contributed by atoms with Gasteiger partial charge in [-0.1, -0.05) is 71.7 Å². The topological polar surface area (TPSA) is 99.2 Å². The first kappa shape index (κ1) is 38.6. The predicted molar refractivity (Wildman–Crippen MR) is 209 cm³/mol. The Hall–Kier alpha value is -2.71. The standard InChI is InChI=1S/C45H67N3O5/c1-40(2)19-21-45(39(52)46-23-24-48-27-25-47(8)26-28-48)22-20-43(6)32(33(45)29-40)13-14-35-42(5)17-16-36(41(3,4)34(42)15-18-44(35,43)7)53-38(51)31-12-10-9-11-30(31)37(49)50/h9-12,34-36H,13-29H2,1-8H3,(H,46,52)(H,49,50)/t34-,35+,36-,42-,43+,44+,45-/m0/s1. The Balaban J connectivity index is 1.13. The molecule has 8 nitrogen and oxygen atoms in total. The number of esters is 1. The zero-order valence-electron chi connectivity index (χ0n) is 34.0. The summed E-state index contributed by atoms with van der Waals surface area (Å²) in [5, 5.41) is 13.2. The molecule has 0 bridgehead atoms. The van der Waals surface area contributed by atoms with Gasteiger partial charge < -0.3 is 20.1 Å². The number of aromatic carboxylic acids is 1. The molecule has 1 amide bonds. The molecule has 2 N–H and O–H groups in total. The molecule has 0 spiro atoms. The van der Waals surface area contributed by atoms with E-state index in [4.69, 9.17) is 4.74 Å². The zero-order chi connectivity index (χ0) is 38.2. The summed E-state index contributed by atoms with van der Waals surface area (Å²) in [6.45, 7) is 23.1. The Kier molecular flexibility index (Phi) is 9.82. The first-order chi connectivity index (χ1) is 24.9. The number of carboxylic acid groups (broad SMARTS) is 1. The van der Waals surface area contributed by atoms with Crippen molar-refractivity contribution < 1.29 is 24.2 Å². The van der Waals surface area contributed by atoms with Crippen LogP contribution in [0.25, 0.3) is 0 Å². The maximum absolute atomic E-state index is 14.5. The minimum absolute atomic E-state index is 0.00856. The van der Waals surface area contributed by atoms with Gasteiger partial charge in [0.2, 0.25) is 5.91 Å². The number of rotatable bonds is 7. The molecule has 0 radical (unpaired) electrons. The number of carboxylic acids is 1. The van der Waals surface area contributed by atoms with Crippen LogP contribution in [-0.2, 0) is 9.53 Å². The van der Waals surface area contributed by atoms with E-state index in [2.05, 4.69) is 70.6 Å². The van der Waals surface area contributed by atoms with Crippen LogP contribution < -0.4 is 5.32 Å². The average Bonchev–Trinajstić information content (AvgIpc) is 3.10. The van der Waals surface area contributed by atoms with Gasteiger partial charge in [0.15, 0.2) is 0 Å². The number of amides is 1. The number of benzene rings is 1. The molecule has 5 aliphatic carbocycles. The van der Waals surface area contributed by atoms with Gasteiger partial charge in [0.25, 0.3) is 0 Å². The Bertz CT molecular complexity index is 1660. The van der Waals surface area contributed by atoms with Crippen LogP contribution in [0, 0.1) is 44.3 Å². The van der Waals surface area contributed by atoms with Crippen molar-refractivity contribution in [1.29, 1.82) is 0 Å². The first-order valence-electron chi connectivity index (χ1n) is 20.8. The lowest BCUT2D eigenvalue weighted by Crippen LogP contribution is -2.64. The number of carbonyl (C=O) groups is 3. The monoisotopic (exact) mass is 730 g/mol. The molecule has 53 heavy (non-hydrogen) atoms. The molecule has 0 unspecified atom stereocenters. The average molecular weight is 730 g/mol. The van der Waals surface area contributed by atoms with Gasteiger partial charge in [0, 0.05) is 44.7 Å². The summed E-state index contributed by atoms with van der Waals surface area (Å²) in [5.74, 6) is -0.437. The molecule has 7 atom stereocenters. The Labute approximate surface area is 318 Å². The van der Waals surface area contributed by atoms with Crippen molar-refractivity contribution in [2.24, 2.45) is 44.3 Å². The highest BCUT2D eigenvalue weighted by Crippen LogP contribution is 2.75. The molecular weight excluding hydrogens is 663 g/mol. The minimum atomic E-state index is -1.11. The van der Waals surface area contributed by atoms with Gasteiger partial charge in [-0.05, 0) is 123 Å². The van der Waals surface area contributed by atoms with Gasteiger partial charge in [-0.2, -0.15) is 0 Å². The fourth-order valence-corrected chi connectivity index (χ4v) is 13.4. The van der Waals surface area contributed by atoms with Crippen molar-refractivity contribution >= 4 is 17.8 Å². The van der Waals surface area contributed by atoms with Crippen LogP contribution in [-0.4, -0.2) is 85.2 Å². The van der Waals surface area contributed by atoms with E-state index < -0.39 is 11.9 Å². The summed E-state index contributed by atoms with van der Waals surface area (Å²) in [7, 11) is 2.19. The fourth-order valence-electron chi connectivity index (χ4n) is 13.4. The van der Waals surface area contributed by atoms with Gasteiger partial charge >= 0.3 is 11.9 Å². The quantitative estimate of drug-likeness (QED) is 0.216. The van der Waals surface area contributed by atoms with Crippen LogP contribution in [0.5, 0.6) is 0 Å². The molecule has 1 aromatic rings. The number of piperazine rings is 1. The van der Waals surface area contributed by atoms with Crippen molar-refractivity contribution in [1.82, 2.24) is 15.1 Å². The minimum Gasteiger partial charge on any atom is -0.478 e. The third-order valence-electron chi connectivity index (χ3n) is 16.8. The number of fused-ring (bicyclic) bond motifs is 6. The number of hydrogen-bond donors (Lipinski definition) is 2. The van der Waals surface area contributed by atoms with Crippen molar-refractivity contribution in [3.8, 4) is 0 Å². The van der Waals surface area contributed by atoms with Crippen LogP contribution in [0.4, 0.5) is 0 Å². The maximum atomic E-state index is 14.5. The molecule has 1 saturated heterocycles.